The first-order valence-electron chi connectivity index (χ1n) is 8.92. The highest BCUT2D eigenvalue weighted by Crippen LogP contribution is 2.20. The van der Waals surface area contributed by atoms with Crippen molar-refractivity contribution < 1.29 is 13.9 Å². The van der Waals surface area contributed by atoms with Crippen LogP contribution in [0.25, 0.3) is 11.0 Å². The maximum Gasteiger partial charge on any atom is 0.318 e. The first-order valence-corrected chi connectivity index (χ1v) is 9.80. The molecule has 1 N–H and O–H groups in total. The lowest BCUT2D eigenvalue weighted by atomic mass is 10.2. The second kappa shape index (κ2) is 7.93. The SMILES string of the molecule is O=C(NCc1cc2ccccc2o1)N(Cc1cccs1)CC1CCCO1. The Hall–Kier alpha value is -2.31. The van der Waals surface area contributed by atoms with Crippen molar-refractivity contribution in [1.29, 1.82) is 0 Å². The van der Waals surface area contributed by atoms with Gasteiger partial charge in [0.05, 0.1) is 19.2 Å². The van der Waals surface area contributed by atoms with Crippen LogP contribution in [0.3, 0.4) is 0 Å². The number of ether oxygens (including phenoxy) is 1. The van der Waals surface area contributed by atoms with Crippen LogP contribution in [0.2, 0.25) is 0 Å². The van der Waals surface area contributed by atoms with Crippen LogP contribution in [0.4, 0.5) is 4.79 Å². The van der Waals surface area contributed by atoms with Crippen molar-refractivity contribution in [2.45, 2.75) is 32.0 Å². The van der Waals surface area contributed by atoms with Gasteiger partial charge in [0.1, 0.15) is 11.3 Å². The molecule has 1 atom stereocenters. The number of hydrogen-bond donors (Lipinski definition) is 1. The third-order valence-electron chi connectivity index (χ3n) is 4.55. The van der Waals surface area contributed by atoms with Gasteiger partial charge in [0.15, 0.2) is 0 Å². The zero-order chi connectivity index (χ0) is 17.8. The van der Waals surface area contributed by atoms with Crippen LogP contribution in [-0.4, -0.2) is 30.2 Å². The molecule has 136 valence electrons. The number of fused-ring (bicyclic) bond motifs is 1. The summed E-state index contributed by atoms with van der Waals surface area (Å²) < 4.78 is 11.5. The molecule has 2 amide bonds. The Bertz CT molecular complexity index is 820. The van der Waals surface area contributed by atoms with Gasteiger partial charge in [-0.25, -0.2) is 4.79 Å². The van der Waals surface area contributed by atoms with E-state index >= 15 is 0 Å². The molecular formula is C20H22N2O3S. The molecule has 5 nitrogen and oxygen atoms in total. The maximum atomic E-state index is 12.8. The molecular weight excluding hydrogens is 348 g/mol. The molecule has 1 aromatic carbocycles. The Morgan fingerprint density at radius 1 is 1.27 bits per heavy atom. The summed E-state index contributed by atoms with van der Waals surface area (Å²) in [5.74, 6) is 0.757. The standard InChI is InChI=1S/C20H22N2O3S/c23-20(21-12-17-11-15-5-1-2-8-19(15)25-17)22(13-16-6-3-9-24-16)14-18-7-4-10-26-18/h1-2,4-5,7-8,10-11,16H,3,6,9,12-14H2,(H,21,23). The molecule has 3 aromatic rings. The van der Waals surface area contributed by atoms with Gasteiger partial charge in [0, 0.05) is 23.4 Å². The molecule has 0 bridgehead atoms. The normalized spacial score (nSPS) is 16.8. The molecule has 2 aromatic heterocycles. The summed E-state index contributed by atoms with van der Waals surface area (Å²) in [4.78, 5) is 15.8. The monoisotopic (exact) mass is 370 g/mol. The molecule has 1 fully saturated rings. The predicted molar refractivity (Wildman–Crippen MR) is 102 cm³/mol. The molecule has 1 unspecified atom stereocenters. The zero-order valence-corrected chi connectivity index (χ0v) is 15.3. The molecule has 1 aliphatic heterocycles. The van der Waals surface area contributed by atoms with Crippen molar-refractivity contribution in [2.75, 3.05) is 13.2 Å². The van der Waals surface area contributed by atoms with Crippen LogP contribution in [0.15, 0.2) is 52.3 Å². The fourth-order valence-corrected chi connectivity index (χ4v) is 3.96. The number of urea groups is 1. The fourth-order valence-electron chi connectivity index (χ4n) is 3.24. The lowest BCUT2D eigenvalue weighted by Crippen LogP contribution is -2.42. The average Bonchev–Trinajstić information content (AvgIpc) is 3.40. The summed E-state index contributed by atoms with van der Waals surface area (Å²) in [6.45, 7) is 2.38. The van der Waals surface area contributed by atoms with E-state index in [-0.39, 0.29) is 12.1 Å². The Morgan fingerprint density at radius 2 is 2.19 bits per heavy atom. The van der Waals surface area contributed by atoms with Crippen LogP contribution >= 0.6 is 11.3 Å². The van der Waals surface area contributed by atoms with E-state index in [1.165, 1.54) is 4.88 Å². The van der Waals surface area contributed by atoms with Crippen molar-refractivity contribution in [1.82, 2.24) is 10.2 Å². The molecule has 0 radical (unpaired) electrons. The summed E-state index contributed by atoms with van der Waals surface area (Å²) in [5.41, 5.74) is 0.839. The van der Waals surface area contributed by atoms with Gasteiger partial charge in [-0.15, -0.1) is 11.3 Å². The van der Waals surface area contributed by atoms with E-state index in [2.05, 4.69) is 11.4 Å². The number of para-hydroxylation sites is 1. The number of nitrogens with one attached hydrogen (secondary N) is 1. The van der Waals surface area contributed by atoms with E-state index in [9.17, 15) is 4.79 Å². The van der Waals surface area contributed by atoms with Gasteiger partial charge in [0.2, 0.25) is 0 Å². The van der Waals surface area contributed by atoms with Crippen LogP contribution in [0.5, 0.6) is 0 Å². The Kier molecular flexibility index (Phi) is 5.22. The molecule has 0 saturated carbocycles. The quantitative estimate of drug-likeness (QED) is 0.700. The van der Waals surface area contributed by atoms with Gasteiger partial charge in [0.25, 0.3) is 0 Å². The molecule has 0 spiro atoms. The van der Waals surface area contributed by atoms with Crippen LogP contribution in [0.1, 0.15) is 23.5 Å². The number of amides is 2. The fraction of sp³-hybridized carbons (Fsp3) is 0.350. The second-order valence-corrected chi connectivity index (χ2v) is 7.54. The van der Waals surface area contributed by atoms with Crippen LogP contribution < -0.4 is 5.32 Å². The molecule has 6 heteroatoms. The Balaban J connectivity index is 1.40. The zero-order valence-electron chi connectivity index (χ0n) is 14.5. The number of hydrogen-bond acceptors (Lipinski definition) is 4. The second-order valence-electron chi connectivity index (χ2n) is 6.50. The highest BCUT2D eigenvalue weighted by Gasteiger charge is 2.23. The summed E-state index contributed by atoms with van der Waals surface area (Å²) in [7, 11) is 0. The van der Waals surface area contributed by atoms with E-state index in [0.29, 0.717) is 19.6 Å². The first-order chi connectivity index (χ1) is 12.8. The number of carbonyl (C=O) groups excluding carboxylic acids is 1. The Morgan fingerprint density at radius 3 is 2.96 bits per heavy atom. The summed E-state index contributed by atoms with van der Waals surface area (Å²) in [6.07, 6.45) is 2.21. The summed E-state index contributed by atoms with van der Waals surface area (Å²) >= 11 is 1.66. The summed E-state index contributed by atoms with van der Waals surface area (Å²) in [5, 5.41) is 6.07. The topological polar surface area (TPSA) is 54.7 Å². The van der Waals surface area contributed by atoms with Crippen molar-refractivity contribution in [3.8, 4) is 0 Å². The molecule has 3 heterocycles. The Labute approximate surface area is 156 Å². The molecule has 26 heavy (non-hydrogen) atoms. The minimum atomic E-state index is -0.0886. The maximum absolute atomic E-state index is 12.8. The average molecular weight is 370 g/mol. The van der Waals surface area contributed by atoms with Gasteiger partial charge in [-0.2, -0.15) is 0 Å². The van der Waals surface area contributed by atoms with Crippen molar-refractivity contribution in [2.24, 2.45) is 0 Å². The molecule has 4 rings (SSSR count). The number of furan rings is 1. The van der Waals surface area contributed by atoms with Gasteiger partial charge in [-0.05, 0) is 36.4 Å². The van der Waals surface area contributed by atoms with E-state index in [0.717, 1.165) is 36.2 Å². The lowest BCUT2D eigenvalue weighted by Gasteiger charge is -2.25. The van der Waals surface area contributed by atoms with Gasteiger partial charge in [-0.3, -0.25) is 0 Å². The van der Waals surface area contributed by atoms with E-state index in [1.807, 2.05) is 46.7 Å². The third kappa shape index (κ3) is 4.08. The highest BCUT2D eigenvalue weighted by molar-refractivity contribution is 7.09. The highest BCUT2D eigenvalue weighted by atomic mass is 32.1. The van der Waals surface area contributed by atoms with Crippen molar-refractivity contribution in [3.63, 3.8) is 0 Å². The molecule has 1 aliphatic rings. The first kappa shape index (κ1) is 17.1. The smallest absolute Gasteiger partial charge is 0.318 e. The van der Waals surface area contributed by atoms with Gasteiger partial charge >= 0.3 is 6.03 Å². The molecule has 0 aliphatic carbocycles. The van der Waals surface area contributed by atoms with E-state index in [1.54, 1.807) is 11.3 Å². The largest absolute Gasteiger partial charge is 0.459 e. The number of benzene rings is 1. The number of carbonyl (C=O) groups is 1. The van der Waals surface area contributed by atoms with Crippen LogP contribution in [-0.2, 0) is 17.8 Å². The molecule has 1 saturated heterocycles. The van der Waals surface area contributed by atoms with Gasteiger partial charge in [-0.1, -0.05) is 24.3 Å². The minimum absolute atomic E-state index is 0.0886. The number of nitrogens with zero attached hydrogens (tertiary/aromatic N) is 1. The van der Waals surface area contributed by atoms with Crippen molar-refractivity contribution >= 4 is 28.3 Å². The van der Waals surface area contributed by atoms with Gasteiger partial charge < -0.3 is 19.4 Å². The minimum Gasteiger partial charge on any atom is -0.459 e. The predicted octanol–water partition coefficient (Wildman–Crippen LogP) is 4.39. The summed E-state index contributed by atoms with van der Waals surface area (Å²) in [6, 6.07) is 13.8. The third-order valence-corrected chi connectivity index (χ3v) is 5.41. The van der Waals surface area contributed by atoms with E-state index < -0.39 is 0 Å². The number of rotatable bonds is 6. The van der Waals surface area contributed by atoms with Crippen LogP contribution in [0, 0.1) is 0 Å². The number of thiophene rings is 1. The van der Waals surface area contributed by atoms with E-state index in [4.69, 9.17) is 9.15 Å². The lowest BCUT2D eigenvalue weighted by molar-refractivity contribution is 0.0796. The van der Waals surface area contributed by atoms with Crippen molar-refractivity contribution in [3.05, 3.63) is 58.5 Å².